The van der Waals surface area contributed by atoms with E-state index in [1.165, 1.54) is 23.9 Å². The second kappa shape index (κ2) is 8.01. The number of H-pyrrole nitrogens is 2. The molecule has 2 N–H and O–H groups in total. The predicted molar refractivity (Wildman–Crippen MR) is 117 cm³/mol. The molecule has 0 aliphatic heterocycles. The van der Waals surface area contributed by atoms with E-state index in [0.29, 0.717) is 44.3 Å². The summed E-state index contributed by atoms with van der Waals surface area (Å²) in [5.74, 6) is 0.637. The second-order valence-corrected chi connectivity index (χ2v) is 7.98. The number of thioether (sulfide) groups is 1. The maximum Gasteiger partial charge on any atom is 0.193 e. The summed E-state index contributed by atoms with van der Waals surface area (Å²) < 4.78 is 19.4. The molecule has 0 saturated carbocycles. The minimum atomic E-state index is -0.527. The van der Waals surface area contributed by atoms with Gasteiger partial charge in [0, 0.05) is 23.7 Å². The molecule has 0 saturated heterocycles. The van der Waals surface area contributed by atoms with Crippen LogP contribution in [-0.2, 0) is 0 Å². The van der Waals surface area contributed by atoms with E-state index in [1.54, 1.807) is 42.7 Å². The fourth-order valence-corrected chi connectivity index (χ4v) is 3.98. The number of aromatic amines is 2. The molecule has 154 valence electrons. The van der Waals surface area contributed by atoms with Gasteiger partial charge in [-0.1, -0.05) is 23.4 Å². The molecule has 0 radical (unpaired) electrons. The number of halogens is 2. The van der Waals surface area contributed by atoms with Crippen LogP contribution in [0, 0.1) is 5.82 Å². The molecule has 0 aliphatic carbocycles. The van der Waals surface area contributed by atoms with Crippen LogP contribution >= 0.6 is 23.4 Å². The minimum Gasteiger partial charge on any atom is -0.456 e. The highest BCUT2D eigenvalue weighted by atomic mass is 35.5. The summed E-state index contributed by atoms with van der Waals surface area (Å²) in [5, 5.41) is 8.24. The van der Waals surface area contributed by atoms with Gasteiger partial charge in [0.1, 0.15) is 23.0 Å². The van der Waals surface area contributed by atoms with Crippen molar-refractivity contribution in [3.8, 4) is 11.5 Å². The number of benzene rings is 2. The number of carbonyl (C=O) groups is 1. The number of hydrogen-bond donors (Lipinski definition) is 2. The van der Waals surface area contributed by atoms with Crippen molar-refractivity contribution in [2.24, 2.45) is 0 Å². The van der Waals surface area contributed by atoms with E-state index >= 15 is 0 Å². The number of pyridine rings is 1. The number of rotatable bonds is 6. The van der Waals surface area contributed by atoms with Gasteiger partial charge >= 0.3 is 0 Å². The van der Waals surface area contributed by atoms with E-state index in [4.69, 9.17) is 16.3 Å². The first-order valence-electron chi connectivity index (χ1n) is 9.13. The fraction of sp³-hybridized carbons (Fsp3) is 0.0476. The molecule has 0 bridgehead atoms. The third-order valence-electron chi connectivity index (χ3n) is 4.51. The van der Waals surface area contributed by atoms with Crippen LogP contribution in [0.5, 0.6) is 11.5 Å². The van der Waals surface area contributed by atoms with Crippen LogP contribution in [0.4, 0.5) is 4.39 Å². The van der Waals surface area contributed by atoms with E-state index in [9.17, 15) is 9.18 Å². The fourth-order valence-electron chi connectivity index (χ4n) is 3.07. The SMILES string of the molecule is O=C(CSc1nc2cc(Cl)c(F)cc2[nH]1)c1n[nH]c2cc(Oc3cccnc3)ccc12. The number of ether oxygens (including phenoxy) is 1. The summed E-state index contributed by atoms with van der Waals surface area (Å²) in [5.41, 5.74) is 2.07. The van der Waals surface area contributed by atoms with Gasteiger partial charge in [-0.05, 0) is 30.3 Å². The van der Waals surface area contributed by atoms with Crippen molar-refractivity contribution >= 4 is 51.1 Å². The van der Waals surface area contributed by atoms with Crippen molar-refractivity contribution in [2.75, 3.05) is 5.75 Å². The number of carbonyl (C=O) groups excluding carboxylic acids is 1. The van der Waals surface area contributed by atoms with Crippen LogP contribution in [0.2, 0.25) is 5.02 Å². The highest BCUT2D eigenvalue weighted by Gasteiger charge is 2.16. The standard InChI is InChI=1S/C21H13ClFN5O2S/c22-14-7-17-18(8-15(14)23)26-21(25-17)31-10-19(29)20-13-4-3-11(6-16(13)27-28-20)30-12-2-1-5-24-9-12/h1-9H,10H2,(H,25,26)(H,27,28). The zero-order chi connectivity index (χ0) is 21.4. The zero-order valence-electron chi connectivity index (χ0n) is 15.7. The highest BCUT2D eigenvalue weighted by Crippen LogP contribution is 2.28. The molecule has 2 aromatic carbocycles. The summed E-state index contributed by atoms with van der Waals surface area (Å²) >= 11 is 7.00. The first kappa shape index (κ1) is 19.5. The first-order valence-corrected chi connectivity index (χ1v) is 10.5. The molecule has 10 heteroatoms. The lowest BCUT2D eigenvalue weighted by Crippen LogP contribution is -2.03. The molecule has 0 atom stereocenters. The van der Waals surface area contributed by atoms with Crippen LogP contribution in [0.15, 0.2) is 60.0 Å². The molecule has 31 heavy (non-hydrogen) atoms. The summed E-state index contributed by atoms with van der Waals surface area (Å²) in [6.07, 6.45) is 3.28. The normalized spacial score (nSPS) is 11.3. The van der Waals surface area contributed by atoms with Crippen molar-refractivity contribution in [3.05, 3.63) is 71.4 Å². The van der Waals surface area contributed by atoms with Gasteiger partial charge in [0.15, 0.2) is 10.9 Å². The van der Waals surface area contributed by atoms with Gasteiger partial charge in [-0.2, -0.15) is 5.10 Å². The third kappa shape index (κ3) is 3.97. The first-order chi connectivity index (χ1) is 15.1. The Hall–Kier alpha value is -3.43. The van der Waals surface area contributed by atoms with Crippen molar-refractivity contribution in [1.29, 1.82) is 0 Å². The topological polar surface area (TPSA) is 96.6 Å². The lowest BCUT2D eigenvalue weighted by atomic mass is 10.1. The summed E-state index contributed by atoms with van der Waals surface area (Å²) in [6.45, 7) is 0. The predicted octanol–water partition coefficient (Wildman–Crippen LogP) is 5.39. The lowest BCUT2D eigenvalue weighted by Gasteiger charge is -2.04. The monoisotopic (exact) mass is 453 g/mol. The van der Waals surface area contributed by atoms with Gasteiger partial charge in [0.2, 0.25) is 0 Å². The zero-order valence-corrected chi connectivity index (χ0v) is 17.3. The molecule has 0 amide bonds. The maximum absolute atomic E-state index is 13.6. The van der Waals surface area contributed by atoms with Gasteiger partial charge < -0.3 is 9.72 Å². The average Bonchev–Trinajstić information content (AvgIpc) is 3.36. The maximum atomic E-state index is 13.6. The van der Waals surface area contributed by atoms with Gasteiger partial charge in [0.25, 0.3) is 0 Å². The molecular formula is C21H13ClFN5O2S. The van der Waals surface area contributed by atoms with Crippen molar-refractivity contribution in [2.45, 2.75) is 5.16 Å². The Balaban J connectivity index is 1.31. The van der Waals surface area contributed by atoms with Crippen LogP contribution in [0.1, 0.15) is 10.5 Å². The Morgan fingerprint density at radius 3 is 2.90 bits per heavy atom. The van der Waals surface area contributed by atoms with Crippen molar-refractivity contribution in [1.82, 2.24) is 25.1 Å². The molecule has 5 aromatic rings. The quantitative estimate of drug-likeness (QED) is 0.264. The van der Waals surface area contributed by atoms with Gasteiger partial charge in [-0.3, -0.25) is 14.9 Å². The Morgan fingerprint density at radius 2 is 2.06 bits per heavy atom. The van der Waals surface area contributed by atoms with E-state index in [-0.39, 0.29) is 16.6 Å². The number of ketones is 1. The van der Waals surface area contributed by atoms with Crippen LogP contribution in [0.3, 0.4) is 0 Å². The number of imidazole rings is 1. The molecular weight excluding hydrogens is 441 g/mol. The molecule has 0 aliphatic rings. The number of Topliss-reactive ketones (excluding diaryl/α,β-unsaturated/α-hetero) is 1. The Bertz CT molecular complexity index is 1380. The second-order valence-electron chi connectivity index (χ2n) is 6.61. The van der Waals surface area contributed by atoms with Crippen LogP contribution in [0.25, 0.3) is 21.9 Å². The Labute approximate surface area is 184 Å². The Morgan fingerprint density at radius 1 is 1.16 bits per heavy atom. The number of aromatic nitrogens is 5. The highest BCUT2D eigenvalue weighted by molar-refractivity contribution is 7.99. The number of nitrogens with one attached hydrogen (secondary N) is 2. The van der Waals surface area contributed by atoms with E-state index in [2.05, 4.69) is 25.1 Å². The molecule has 0 spiro atoms. The average molecular weight is 454 g/mol. The summed E-state index contributed by atoms with van der Waals surface area (Å²) in [4.78, 5) is 24.1. The molecule has 5 rings (SSSR count). The molecule has 0 unspecified atom stereocenters. The van der Waals surface area contributed by atoms with Gasteiger partial charge in [-0.25, -0.2) is 9.37 Å². The van der Waals surface area contributed by atoms with Crippen molar-refractivity contribution in [3.63, 3.8) is 0 Å². The molecule has 3 heterocycles. The molecule has 3 aromatic heterocycles. The number of hydrogen-bond acceptors (Lipinski definition) is 6. The minimum absolute atomic E-state index is 0.00138. The Kier molecular flexibility index (Phi) is 5.05. The number of nitrogens with zero attached hydrogens (tertiary/aromatic N) is 3. The van der Waals surface area contributed by atoms with Gasteiger partial charge in [-0.15, -0.1) is 0 Å². The summed E-state index contributed by atoms with van der Waals surface area (Å²) in [7, 11) is 0. The lowest BCUT2D eigenvalue weighted by molar-refractivity contribution is 0.101. The third-order valence-corrected chi connectivity index (χ3v) is 5.67. The molecule has 7 nitrogen and oxygen atoms in total. The summed E-state index contributed by atoms with van der Waals surface area (Å²) in [6, 6.07) is 11.6. The van der Waals surface area contributed by atoms with Crippen LogP contribution in [-0.4, -0.2) is 36.7 Å². The van der Waals surface area contributed by atoms with E-state index in [1.807, 2.05) is 0 Å². The van der Waals surface area contributed by atoms with E-state index < -0.39 is 5.82 Å². The number of fused-ring (bicyclic) bond motifs is 2. The van der Waals surface area contributed by atoms with E-state index in [0.717, 1.165) is 0 Å². The largest absolute Gasteiger partial charge is 0.456 e. The van der Waals surface area contributed by atoms with Crippen molar-refractivity contribution < 1.29 is 13.9 Å². The van der Waals surface area contributed by atoms with Crippen LogP contribution < -0.4 is 4.74 Å². The molecule has 0 fully saturated rings. The smallest absolute Gasteiger partial charge is 0.193 e. The van der Waals surface area contributed by atoms with Gasteiger partial charge in [0.05, 0.1) is 33.5 Å².